The lowest BCUT2D eigenvalue weighted by atomic mass is 9.84. The lowest BCUT2D eigenvalue weighted by Gasteiger charge is -2.38. The zero-order chi connectivity index (χ0) is 18.6. The van der Waals surface area contributed by atoms with Gasteiger partial charge in [-0.3, -0.25) is 4.79 Å². The second kappa shape index (κ2) is 8.06. The Labute approximate surface area is 152 Å². The molecule has 2 aromatic rings. The van der Waals surface area contributed by atoms with Crippen molar-refractivity contribution in [2.45, 2.75) is 31.3 Å². The minimum absolute atomic E-state index is 0.0184. The molecule has 3 nitrogen and oxygen atoms in total. The van der Waals surface area contributed by atoms with Crippen LogP contribution < -0.4 is 0 Å². The van der Waals surface area contributed by atoms with Crippen molar-refractivity contribution in [3.8, 4) is 0 Å². The molecule has 1 heterocycles. The maximum atomic E-state index is 13.1. The van der Waals surface area contributed by atoms with Crippen molar-refractivity contribution in [1.82, 2.24) is 4.90 Å². The van der Waals surface area contributed by atoms with Gasteiger partial charge in [0.15, 0.2) is 5.78 Å². The molecule has 0 unspecified atom stereocenters. The van der Waals surface area contributed by atoms with Crippen molar-refractivity contribution < 1.29 is 18.7 Å². The summed E-state index contributed by atoms with van der Waals surface area (Å²) < 4.78 is 25.9. The topological polar surface area (TPSA) is 40.5 Å². The highest BCUT2D eigenvalue weighted by atomic mass is 19.1. The summed E-state index contributed by atoms with van der Waals surface area (Å²) in [5.41, 5.74) is 0.384. The molecule has 1 fully saturated rings. The van der Waals surface area contributed by atoms with Gasteiger partial charge in [0.1, 0.15) is 11.6 Å². The number of aliphatic hydroxyl groups is 1. The van der Waals surface area contributed by atoms with Crippen molar-refractivity contribution in [3.63, 3.8) is 0 Å². The SMILES string of the molecule is O=C(CCCN1CCC(O)(c2ccc([18F])cc2)CC1)c1ccc(F)cc1. The molecule has 1 aliphatic heterocycles. The van der Waals surface area contributed by atoms with E-state index in [0.717, 1.165) is 31.6 Å². The molecule has 1 N–H and O–H groups in total. The number of carbonyl (C=O) groups excluding carboxylic acids is 1. The monoisotopic (exact) mass is 358 g/mol. The molecule has 0 bridgehead atoms. The van der Waals surface area contributed by atoms with Gasteiger partial charge in [-0.1, -0.05) is 12.1 Å². The first kappa shape index (κ1) is 18.7. The fourth-order valence-corrected chi connectivity index (χ4v) is 3.44. The Bertz CT molecular complexity index is 736. The molecule has 5 heteroatoms. The predicted octanol–water partition coefficient (Wildman–Crippen LogP) is 3.91. The van der Waals surface area contributed by atoms with Crippen LogP contribution in [0.15, 0.2) is 48.5 Å². The molecular formula is C21H23F2NO2. The van der Waals surface area contributed by atoms with E-state index in [1.54, 1.807) is 12.1 Å². The van der Waals surface area contributed by atoms with Gasteiger partial charge in [-0.15, -0.1) is 0 Å². The average Bonchev–Trinajstić information content (AvgIpc) is 2.64. The fourth-order valence-electron chi connectivity index (χ4n) is 3.44. The smallest absolute Gasteiger partial charge is 0.162 e. The number of piperidine rings is 1. The van der Waals surface area contributed by atoms with Crippen LogP contribution in [-0.4, -0.2) is 35.4 Å². The second-order valence-electron chi connectivity index (χ2n) is 6.91. The van der Waals surface area contributed by atoms with Crippen molar-refractivity contribution in [2.24, 2.45) is 0 Å². The largest absolute Gasteiger partial charge is 0.385 e. The number of likely N-dealkylation sites (tertiary alicyclic amines) is 1. The van der Waals surface area contributed by atoms with Crippen LogP contribution in [0.1, 0.15) is 41.6 Å². The Hall–Kier alpha value is -2.11. The second-order valence-corrected chi connectivity index (χ2v) is 6.91. The minimum Gasteiger partial charge on any atom is -0.385 e. The summed E-state index contributed by atoms with van der Waals surface area (Å²) in [7, 11) is 0. The molecule has 0 saturated carbocycles. The molecule has 3 rings (SSSR count). The van der Waals surface area contributed by atoms with E-state index in [2.05, 4.69) is 4.90 Å². The summed E-state index contributed by atoms with van der Waals surface area (Å²) in [6, 6.07) is 11.7. The summed E-state index contributed by atoms with van der Waals surface area (Å²) in [5.74, 6) is -0.631. The summed E-state index contributed by atoms with van der Waals surface area (Å²) in [6.45, 7) is 2.25. The first-order valence-electron chi connectivity index (χ1n) is 8.96. The molecule has 0 spiro atoms. The van der Waals surface area contributed by atoms with Crippen molar-refractivity contribution >= 4 is 5.78 Å². The summed E-state index contributed by atoms with van der Waals surface area (Å²) in [6.07, 6.45) is 2.32. The standard InChI is InChI=1S/C21H23F2NO2/c22-18-7-3-16(4-8-18)20(25)2-1-13-24-14-11-21(26,12-15-24)17-5-9-19(23)10-6-17/h3-10,26H,1-2,11-15H2/i23-1. The summed E-state index contributed by atoms with van der Waals surface area (Å²) in [5, 5.41) is 10.8. The fraction of sp³-hybridized carbons (Fsp3) is 0.381. The molecule has 0 aromatic heterocycles. The van der Waals surface area contributed by atoms with Gasteiger partial charge in [0.05, 0.1) is 5.60 Å². The molecule has 138 valence electrons. The van der Waals surface area contributed by atoms with E-state index in [9.17, 15) is 18.7 Å². The van der Waals surface area contributed by atoms with Gasteiger partial charge in [-0.25, -0.2) is 8.78 Å². The molecular weight excluding hydrogens is 335 g/mol. The van der Waals surface area contributed by atoms with Crippen molar-refractivity contribution in [3.05, 3.63) is 71.3 Å². The van der Waals surface area contributed by atoms with Gasteiger partial charge in [-0.2, -0.15) is 0 Å². The van der Waals surface area contributed by atoms with E-state index in [1.807, 2.05) is 0 Å². The predicted molar refractivity (Wildman–Crippen MR) is 95.9 cm³/mol. The highest BCUT2D eigenvalue weighted by Crippen LogP contribution is 2.32. The van der Waals surface area contributed by atoms with Crippen LogP contribution in [0.2, 0.25) is 0 Å². The molecule has 26 heavy (non-hydrogen) atoms. The van der Waals surface area contributed by atoms with Crippen LogP contribution in [-0.2, 0) is 5.60 Å². The molecule has 0 amide bonds. The van der Waals surface area contributed by atoms with Crippen LogP contribution in [0.25, 0.3) is 0 Å². The van der Waals surface area contributed by atoms with Crippen molar-refractivity contribution in [2.75, 3.05) is 19.6 Å². The third-order valence-electron chi connectivity index (χ3n) is 5.11. The number of nitrogens with zero attached hydrogens (tertiary/aromatic N) is 1. The number of benzene rings is 2. The normalized spacial score (nSPS) is 17.2. The molecule has 0 radical (unpaired) electrons. The molecule has 2 aromatic carbocycles. The van der Waals surface area contributed by atoms with Gasteiger partial charge in [0.25, 0.3) is 0 Å². The third kappa shape index (κ3) is 4.54. The lowest BCUT2D eigenvalue weighted by Crippen LogP contribution is -2.42. The van der Waals surface area contributed by atoms with E-state index < -0.39 is 5.60 Å². The van der Waals surface area contributed by atoms with Gasteiger partial charge in [0.2, 0.25) is 0 Å². The van der Waals surface area contributed by atoms with Crippen LogP contribution in [0.3, 0.4) is 0 Å². The quantitative estimate of drug-likeness (QED) is 0.796. The van der Waals surface area contributed by atoms with E-state index in [4.69, 9.17) is 0 Å². The zero-order valence-electron chi connectivity index (χ0n) is 14.6. The van der Waals surface area contributed by atoms with E-state index in [0.29, 0.717) is 24.8 Å². The Balaban J connectivity index is 1.44. The Morgan fingerprint density at radius 3 is 2.08 bits per heavy atom. The van der Waals surface area contributed by atoms with Gasteiger partial charge >= 0.3 is 0 Å². The summed E-state index contributed by atoms with van der Waals surface area (Å²) >= 11 is 0. The van der Waals surface area contributed by atoms with Crippen LogP contribution in [0.4, 0.5) is 8.78 Å². The number of hydrogen-bond acceptors (Lipinski definition) is 3. The van der Waals surface area contributed by atoms with E-state index in [1.165, 1.54) is 36.4 Å². The maximum absolute atomic E-state index is 13.1. The molecule has 1 saturated heterocycles. The first-order chi connectivity index (χ1) is 12.5. The summed E-state index contributed by atoms with van der Waals surface area (Å²) in [4.78, 5) is 14.3. The Morgan fingerprint density at radius 1 is 0.962 bits per heavy atom. The number of hydrogen-bond donors (Lipinski definition) is 1. The van der Waals surface area contributed by atoms with Gasteiger partial charge in [0, 0.05) is 25.1 Å². The average molecular weight is 358 g/mol. The molecule has 0 atom stereocenters. The van der Waals surface area contributed by atoms with Crippen LogP contribution in [0.5, 0.6) is 0 Å². The number of Topliss-reactive ketones (excluding diaryl/α,β-unsaturated/α-hetero) is 1. The van der Waals surface area contributed by atoms with Crippen LogP contribution >= 0.6 is 0 Å². The van der Waals surface area contributed by atoms with Crippen LogP contribution in [0, 0.1) is 11.6 Å². The maximum Gasteiger partial charge on any atom is 0.162 e. The Morgan fingerprint density at radius 2 is 1.50 bits per heavy atom. The first-order valence-corrected chi connectivity index (χ1v) is 8.96. The molecule has 0 aliphatic carbocycles. The van der Waals surface area contributed by atoms with E-state index in [-0.39, 0.29) is 17.4 Å². The number of ketones is 1. The minimum atomic E-state index is -0.909. The highest BCUT2D eigenvalue weighted by Gasteiger charge is 2.33. The Kier molecular flexibility index (Phi) is 5.79. The van der Waals surface area contributed by atoms with E-state index >= 15 is 0 Å². The molecule has 1 aliphatic rings. The third-order valence-corrected chi connectivity index (χ3v) is 5.11. The van der Waals surface area contributed by atoms with Crippen molar-refractivity contribution in [1.29, 1.82) is 0 Å². The number of rotatable bonds is 6. The number of carbonyl (C=O) groups is 1. The van der Waals surface area contributed by atoms with Gasteiger partial charge in [-0.05, 0) is 67.8 Å². The zero-order valence-corrected chi connectivity index (χ0v) is 14.6. The van der Waals surface area contributed by atoms with Gasteiger partial charge < -0.3 is 10.0 Å². The lowest BCUT2D eigenvalue weighted by molar-refractivity contribution is -0.0260. The number of halogens is 2. The highest BCUT2D eigenvalue weighted by molar-refractivity contribution is 5.95.